The predicted molar refractivity (Wildman–Crippen MR) is 48.4 cm³/mol. The summed E-state index contributed by atoms with van der Waals surface area (Å²) in [5.41, 5.74) is 0. The van der Waals surface area contributed by atoms with Crippen LogP contribution in [0.15, 0.2) is 21.1 Å². The van der Waals surface area contributed by atoms with Gasteiger partial charge >= 0.3 is 0 Å². The molecule has 0 N–H and O–H groups in total. The number of benzene rings is 1. The van der Waals surface area contributed by atoms with Gasteiger partial charge in [0, 0.05) is 0 Å². The summed E-state index contributed by atoms with van der Waals surface area (Å²) < 4.78 is 29.7. The minimum absolute atomic E-state index is 0.245. The molecule has 5 heteroatoms. The molecule has 0 saturated carbocycles. The molecule has 0 unspecified atom stereocenters. The molecular weight excluding hydrogens is 298 g/mol. The third kappa shape index (κ3) is 2.17. The van der Waals surface area contributed by atoms with Crippen LogP contribution in [-0.4, -0.2) is 6.86 Å². The summed E-state index contributed by atoms with van der Waals surface area (Å²) in [4.78, 5) is 0. The van der Waals surface area contributed by atoms with Gasteiger partial charge in [-0.15, -0.1) is 0 Å². The van der Waals surface area contributed by atoms with Crippen LogP contribution in [0.3, 0.4) is 0 Å². The Hall–Kier alpha value is -0.160. The monoisotopic (exact) mass is 300 g/mol. The largest absolute Gasteiger partial charge is 0.462 e. The maximum absolute atomic E-state index is 12.8. The minimum Gasteiger partial charge on any atom is -0.462 e. The summed E-state index contributed by atoms with van der Waals surface area (Å²) in [5, 5.41) is 0. The molecule has 1 nitrogen and oxygen atoms in total. The van der Waals surface area contributed by atoms with Crippen molar-refractivity contribution in [3.05, 3.63) is 26.9 Å². The van der Waals surface area contributed by atoms with Gasteiger partial charge in [0.25, 0.3) is 0 Å². The van der Waals surface area contributed by atoms with Crippen molar-refractivity contribution in [3.63, 3.8) is 0 Å². The molecule has 0 bridgehead atoms. The number of ether oxygens (including phenoxy) is 1. The molecule has 0 heterocycles. The first-order valence-corrected chi connectivity index (χ1v) is 4.57. The molecule has 0 amide bonds. The molecule has 0 atom stereocenters. The van der Waals surface area contributed by atoms with E-state index < -0.39 is 12.7 Å². The number of hydrogen-bond donors (Lipinski definition) is 0. The molecule has 1 aromatic carbocycles. The minimum atomic E-state index is -0.934. The smallest absolute Gasteiger partial charge is 0.228 e. The van der Waals surface area contributed by atoms with Crippen LogP contribution < -0.4 is 4.74 Å². The van der Waals surface area contributed by atoms with E-state index in [0.29, 0.717) is 4.47 Å². The number of alkyl halides is 1. The van der Waals surface area contributed by atoms with Gasteiger partial charge in [0.05, 0.1) is 8.95 Å². The highest BCUT2D eigenvalue weighted by atomic mass is 79.9. The Morgan fingerprint density at radius 2 is 1.92 bits per heavy atom. The first-order valence-electron chi connectivity index (χ1n) is 2.98. The molecule has 0 aromatic heterocycles. The lowest BCUT2D eigenvalue weighted by Crippen LogP contribution is -1.92. The Bertz CT molecular complexity index is 291. The van der Waals surface area contributed by atoms with E-state index >= 15 is 0 Å². The standard InChI is InChI=1S/C7H4Br2F2O/c8-4-2-7(12-3-10)5(9)1-6(4)11/h1-2H,3H2. The highest BCUT2D eigenvalue weighted by Gasteiger charge is 2.06. The van der Waals surface area contributed by atoms with Crippen molar-refractivity contribution in [1.29, 1.82) is 0 Å². The maximum atomic E-state index is 12.8. The molecule has 0 radical (unpaired) electrons. The summed E-state index contributed by atoms with van der Waals surface area (Å²) in [7, 11) is 0. The van der Waals surface area contributed by atoms with E-state index in [4.69, 9.17) is 0 Å². The molecule has 12 heavy (non-hydrogen) atoms. The lowest BCUT2D eigenvalue weighted by atomic mass is 10.3. The van der Waals surface area contributed by atoms with Crippen molar-refractivity contribution in [1.82, 2.24) is 0 Å². The van der Waals surface area contributed by atoms with E-state index in [0.717, 1.165) is 0 Å². The fourth-order valence-corrected chi connectivity index (χ4v) is 1.43. The highest BCUT2D eigenvalue weighted by Crippen LogP contribution is 2.30. The topological polar surface area (TPSA) is 9.23 Å². The van der Waals surface area contributed by atoms with Crippen molar-refractivity contribution in [2.24, 2.45) is 0 Å². The van der Waals surface area contributed by atoms with Crippen LogP contribution >= 0.6 is 31.9 Å². The zero-order valence-electron chi connectivity index (χ0n) is 5.78. The van der Waals surface area contributed by atoms with Gasteiger partial charge in [-0.1, -0.05) is 0 Å². The zero-order chi connectivity index (χ0) is 9.14. The fourth-order valence-electron chi connectivity index (χ4n) is 0.674. The molecule has 0 spiro atoms. The van der Waals surface area contributed by atoms with Crippen molar-refractivity contribution >= 4 is 31.9 Å². The lowest BCUT2D eigenvalue weighted by molar-refractivity contribution is 0.190. The van der Waals surface area contributed by atoms with Crippen LogP contribution in [0.5, 0.6) is 5.75 Å². The molecule has 0 aliphatic rings. The van der Waals surface area contributed by atoms with Crippen LogP contribution in [0.1, 0.15) is 0 Å². The Balaban J connectivity index is 3.05. The van der Waals surface area contributed by atoms with Gasteiger partial charge in [0.15, 0.2) is 0 Å². The molecule has 0 aliphatic carbocycles. The van der Waals surface area contributed by atoms with Crippen molar-refractivity contribution in [3.8, 4) is 5.75 Å². The van der Waals surface area contributed by atoms with Gasteiger partial charge in [-0.25, -0.2) is 8.78 Å². The van der Waals surface area contributed by atoms with E-state index in [1.165, 1.54) is 12.1 Å². The van der Waals surface area contributed by atoms with Crippen LogP contribution in [0.25, 0.3) is 0 Å². The number of hydrogen-bond acceptors (Lipinski definition) is 1. The van der Waals surface area contributed by atoms with Crippen molar-refractivity contribution < 1.29 is 13.5 Å². The second kappa shape index (κ2) is 4.18. The quantitative estimate of drug-likeness (QED) is 0.758. The van der Waals surface area contributed by atoms with E-state index in [1.807, 2.05) is 0 Å². The molecular formula is C7H4Br2F2O. The van der Waals surface area contributed by atoms with Gasteiger partial charge in [-0.2, -0.15) is 0 Å². The summed E-state index contributed by atoms with van der Waals surface area (Å²) in [6.07, 6.45) is 0. The molecule has 1 rings (SSSR count). The summed E-state index contributed by atoms with van der Waals surface area (Å²) >= 11 is 5.98. The van der Waals surface area contributed by atoms with Gasteiger partial charge in [0.2, 0.25) is 6.86 Å². The van der Waals surface area contributed by atoms with Crippen LogP contribution in [0.2, 0.25) is 0 Å². The Morgan fingerprint density at radius 1 is 1.25 bits per heavy atom. The van der Waals surface area contributed by atoms with E-state index in [1.54, 1.807) is 0 Å². The summed E-state index contributed by atoms with van der Waals surface area (Å²) in [6.45, 7) is -0.934. The van der Waals surface area contributed by atoms with E-state index in [2.05, 4.69) is 36.6 Å². The van der Waals surface area contributed by atoms with Gasteiger partial charge in [-0.3, -0.25) is 0 Å². The third-order valence-electron chi connectivity index (χ3n) is 1.18. The fraction of sp³-hybridized carbons (Fsp3) is 0.143. The average Bonchev–Trinajstić information content (AvgIpc) is 2.01. The number of rotatable bonds is 2. The number of halogens is 4. The molecule has 66 valence electrons. The first-order chi connectivity index (χ1) is 5.65. The summed E-state index contributed by atoms with van der Waals surface area (Å²) in [5.74, 6) is -0.154. The normalized spacial score (nSPS) is 10.0. The molecule has 0 fully saturated rings. The Labute approximate surface area is 85.0 Å². The summed E-state index contributed by atoms with van der Waals surface area (Å²) in [6, 6.07) is 2.56. The lowest BCUT2D eigenvalue weighted by Gasteiger charge is -2.04. The van der Waals surface area contributed by atoms with E-state index in [9.17, 15) is 8.78 Å². The first kappa shape index (κ1) is 9.92. The second-order valence-electron chi connectivity index (χ2n) is 1.95. The Kier molecular flexibility index (Phi) is 3.46. The van der Waals surface area contributed by atoms with Crippen LogP contribution in [-0.2, 0) is 0 Å². The highest BCUT2D eigenvalue weighted by molar-refractivity contribution is 9.11. The zero-order valence-corrected chi connectivity index (χ0v) is 8.95. The maximum Gasteiger partial charge on any atom is 0.228 e. The Morgan fingerprint density at radius 3 is 2.50 bits per heavy atom. The van der Waals surface area contributed by atoms with Gasteiger partial charge in [0.1, 0.15) is 11.6 Å². The van der Waals surface area contributed by atoms with E-state index in [-0.39, 0.29) is 10.2 Å². The molecule has 0 aliphatic heterocycles. The molecule has 1 aromatic rings. The molecule has 0 saturated heterocycles. The van der Waals surface area contributed by atoms with Crippen molar-refractivity contribution in [2.75, 3.05) is 6.86 Å². The van der Waals surface area contributed by atoms with Crippen LogP contribution in [0.4, 0.5) is 8.78 Å². The third-order valence-corrected chi connectivity index (χ3v) is 2.41. The average molecular weight is 302 g/mol. The van der Waals surface area contributed by atoms with Crippen molar-refractivity contribution in [2.45, 2.75) is 0 Å². The second-order valence-corrected chi connectivity index (χ2v) is 3.66. The van der Waals surface area contributed by atoms with Gasteiger partial charge in [-0.05, 0) is 44.0 Å². The SMILES string of the molecule is FCOc1cc(Br)c(F)cc1Br. The van der Waals surface area contributed by atoms with Gasteiger partial charge < -0.3 is 4.74 Å². The predicted octanol–water partition coefficient (Wildman–Crippen LogP) is 3.66. The van der Waals surface area contributed by atoms with Crippen LogP contribution in [0, 0.1) is 5.82 Å².